The van der Waals surface area contributed by atoms with Gasteiger partial charge in [-0.1, -0.05) is 5.16 Å². The van der Waals surface area contributed by atoms with Crippen LogP contribution in [-0.4, -0.2) is 34.0 Å². The molecule has 1 N–H and O–H groups in total. The third kappa shape index (κ3) is 2.06. The Labute approximate surface area is 88.5 Å². The van der Waals surface area contributed by atoms with Crippen molar-refractivity contribution in [2.45, 2.75) is 19.8 Å². The lowest BCUT2D eigenvalue weighted by atomic mass is 10.1. The van der Waals surface area contributed by atoms with Crippen molar-refractivity contribution in [3.05, 3.63) is 18.1 Å². The molecule has 80 valence electrons. The molecule has 1 saturated heterocycles. The number of anilines is 1. The molecule has 5 nitrogen and oxygen atoms in total. The molecular formula is C10H14N4O. The van der Waals surface area contributed by atoms with Crippen LogP contribution in [-0.2, 0) is 0 Å². The van der Waals surface area contributed by atoms with Gasteiger partial charge in [0, 0.05) is 38.3 Å². The third-order valence-electron chi connectivity index (χ3n) is 2.64. The predicted molar refractivity (Wildman–Crippen MR) is 57.4 cm³/mol. The van der Waals surface area contributed by atoms with Crippen LogP contribution >= 0.6 is 0 Å². The summed E-state index contributed by atoms with van der Waals surface area (Å²) in [4.78, 5) is 10.7. The predicted octanol–water partition coefficient (Wildman–Crippen LogP) is 1.22. The highest BCUT2D eigenvalue weighted by atomic mass is 16.4. The molecule has 0 spiro atoms. The highest BCUT2D eigenvalue weighted by Gasteiger charge is 2.18. The number of aromatic nitrogens is 2. The maximum Gasteiger partial charge on any atom is 0.150 e. The van der Waals surface area contributed by atoms with Crippen LogP contribution in [0.15, 0.2) is 17.5 Å². The molecule has 0 saturated carbocycles. The minimum atomic E-state index is 0.798. The van der Waals surface area contributed by atoms with Crippen molar-refractivity contribution in [1.82, 2.24) is 9.97 Å². The second-order valence-corrected chi connectivity index (χ2v) is 3.62. The van der Waals surface area contributed by atoms with Crippen LogP contribution in [0.3, 0.4) is 0 Å². The van der Waals surface area contributed by atoms with E-state index < -0.39 is 0 Å². The van der Waals surface area contributed by atoms with Crippen molar-refractivity contribution in [2.75, 3.05) is 18.0 Å². The fourth-order valence-corrected chi connectivity index (χ4v) is 1.79. The average molecular weight is 206 g/mol. The summed E-state index contributed by atoms with van der Waals surface area (Å²) in [5, 5.41) is 11.9. The Morgan fingerprint density at radius 2 is 1.93 bits per heavy atom. The number of aryl methyl sites for hydroxylation is 1. The topological polar surface area (TPSA) is 61.6 Å². The first-order chi connectivity index (χ1) is 7.31. The zero-order chi connectivity index (χ0) is 10.7. The summed E-state index contributed by atoms with van der Waals surface area (Å²) in [6, 6.07) is 0. The lowest BCUT2D eigenvalue weighted by molar-refractivity contribution is 0.315. The zero-order valence-electron chi connectivity index (χ0n) is 8.72. The van der Waals surface area contributed by atoms with E-state index in [9.17, 15) is 0 Å². The Morgan fingerprint density at radius 1 is 1.27 bits per heavy atom. The van der Waals surface area contributed by atoms with Gasteiger partial charge >= 0.3 is 0 Å². The standard InChI is InChI=1S/C10H14N4O/c1-8-10(12-5-4-11-8)14-6-2-9(13-15)3-7-14/h4-5,15H,2-3,6-7H2,1H3. The van der Waals surface area contributed by atoms with Crippen LogP contribution in [0.25, 0.3) is 0 Å². The van der Waals surface area contributed by atoms with E-state index in [-0.39, 0.29) is 0 Å². The van der Waals surface area contributed by atoms with Crippen molar-refractivity contribution in [3.8, 4) is 0 Å². The van der Waals surface area contributed by atoms with Gasteiger partial charge in [-0.2, -0.15) is 0 Å². The summed E-state index contributed by atoms with van der Waals surface area (Å²) in [6.07, 6.45) is 5.00. The zero-order valence-corrected chi connectivity index (χ0v) is 8.72. The van der Waals surface area contributed by atoms with Crippen LogP contribution in [0.2, 0.25) is 0 Å². The summed E-state index contributed by atoms with van der Waals surface area (Å²) in [5.74, 6) is 0.939. The molecule has 0 aromatic carbocycles. The van der Waals surface area contributed by atoms with Crippen LogP contribution in [0.5, 0.6) is 0 Å². The van der Waals surface area contributed by atoms with Gasteiger partial charge in [0.15, 0.2) is 0 Å². The van der Waals surface area contributed by atoms with Gasteiger partial charge in [0.1, 0.15) is 5.82 Å². The Kier molecular flexibility index (Phi) is 2.80. The second-order valence-electron chi connectivity index (χ2n) is 3.62. The number of hydrogen-bond acceptors (Lipinski definition) is 5. The Morgan fingerprint density at radius 3 is 2.53 bits per heavy atom. The van der Waals surface area contributed by atoms with Gasteiger partial charge in [-0.05, 0) is 6.92 Å². The summed E-state index contributed by atoms with van der Waals surface area (Å²) in [6.45, 7) is 3.65. The molecule has 1 aliphatic rings. The summed E-state index contributed by atoms with van der Waals surface area (Å²) < 4.78 is 0. The first kappa shape index (κ1) is 9.89. The van der Waals surface area contributed by atoms with Gasteiger partial charge in [-0.25, -0.2) is 4.98 Å². The highest BCUT2D eigenvalue weighted by molar-refractivity contribution is 5.86. The number of hydrogen-bond donors (Lipinski definition) is 1. The van der Waals surface area contributed by atoms with Gasteiger partial charge in [0.25, 0.3) is 0 Å². The maximum atomic E-state index is 8.64. The van der Waals surface area contributed by atoms with E-state index >= 15 is 0 Å². The number of oxime groups is 1. The largest absolute Gasteiger partial charge is 0.411 e. The summed E-state index contributed by atoms with van der Waals surface area (Å²) >= 11 is 0. The van der Waals surface area contributed by atoms with E-state index in [0.29, 0.717) is 0 Å². The van der Waals surface area contributed by atoms with E-state index in [1.54, 1.807) is 12.4 Å². The van der Waals surface area contributed by atoms with Crippen molar-refractivity contribution in [3.63, 3.8) is 0 Å². The second kappa shape index (κ2) is 4.25. The minimum absolute atomic E-state index is 0.798. The monoisotopic (exact) mass is 206 g/mol. The fraction of sp³-hybridized carbons (Fsp3) is 0.500. The van der Waals surface area contributed by atoms with E-state index in [4.69, 9.17) is 5.21 Å². The normalized spacial score (nSPS) is 16.6. The van der Waals surface area contributed by atoms with Crippen LogP contribution < -0.4 is 4.90 Å². The smallest absolute Gasteiger partial charge is 0.150 e. The van der Waals surface area contributed by atoms with Gasteiger partial charge < -0.3 is 10.1 Å². The molecule has 15 heavy (non-hydrogen) atoms. The molecule has 0 unspecified atom stereocenters. The molecule has 0 amide bonds. The van der Waals surface area contributed by atoms with Crippen LogP contribution in [0, 0.1) is 6.92 Å². The Bertz CT molecular complexity index is 367. The molecule has 1 fully saturated rings. The van der Waals surface area contributed by atoms with Gasteiger partial charge in [-0.15, -0.1) is 0 Å². The lowest BCUT2D eigenvalue weighted by Gasteiger charge is -2.28. The molecule has 2 rings (SSSR count). The number of rotatable bonds is 1. The number of nitrogens with zero attached hydrogens (tertiary/aromatic N) is 4. The fourth-order valence-electron chi connectivity index (χ4n) is 1.79. The van der Waals surface area contributed by atoms with Gasteiger partial charge in [0.05, 0.1) is 11.4 Å². The molecule has 1 aromatic rings. The minimum Gasteiger partial charge on any atom is -0.411 e. The maximum absolute atomic E-state index is 8.64. The molecule has 2 heterocycles. The summed E-state index contributed by atoms with van der Waals surface area (Å²) in [5.41, 5.74) is 1.81. The first-order valence-corrected chi connectivity index (χ1v) is 5.03. The third-order valence-corrected chi connectivity index (χ3v) is 2.64. The molecule has 1 aliphatic heterocycles. The highest BCUT2D eigenvalue weighted by Crippen LogP contribution is 2.18. The van der Waals surface area contributed by atoms with Crippen molar-refractivity contribution in [2.24, 2.45) is 5.16 Å². The van der Waals surface area contributed by atoms with Crippen molar-refractivity contribution >= 4 is 11.5 Å². The molecule has 0 atom stereocenters. The molecule has 0 radical (unpaired) electrons. The molecular weight excluding hydrogens is 192 g/mol. The van der Waals surface area contributed by atoms with Gasteiger partial charge in [-0.3, -0.25) is 4.98 Å². The SMILES string of the molecule is Cc1nccnc1N1CCC(=NO)CC1. The molecule has 5 heteroatoms. The molecule has 1 aromatic heterocycles. The average Bonchev–Trinajstić information content (AvgIpc) is 2.30. The number of piperidine rings is 1. The van der Waals surface area contributed by atoms with Gasteiger partial charge in [0.2, 0.25) is 0 Å². The van der Waals surface area contributed by atoms with E-state index in [2.05, 4.69) is 20.0 Å². The van der Waals surface area contributed by atoms with E-state index in [1.807, 2.05) is 6.92 Å². The Balaban J connectivity index is 2.11. The molecule has 0 aliphatic carbocycles. The molecule has 0 bridgehead atoms. The van der Waals surface area contributed by atoms with Crippen LogP contribution in [0.1, 0.15) is 18.5 Å². The van der Waals surface area contributed by atoms with E-state index in [1.165, 1.54) is 0 Å². The van der Waals surface area contributed by atoms with Crippen molar-refractivity contribution in [1.29, 1.82) is 0 Å². The van der Waals surface area contributed by atoms with Crippen molar-refractivity contribution < 1.29 is 5.21 Å². The van der Waals surface area contributed by atoms with E-state index in [0.717, 1.165) is 43.2 Å². The summed E-state index contributed by atoms with van der Waals surface area (Å²) in [7, 11) is 0. The lowest BCUT2D eigenvalue weighted by Crippen LogP contribution is -2.35. The quantitative estimate of drug-likeness (QED) is 0.554. The van der Waals surface area contributed by atoms with Crippen LogP contribution in [0.4, 0.5) is 5.82 Å². The first-order valence-electron chi connectivity index (χ1n) is 5.03. The Hall–Kier alpha value is -1.65.